The molecule has 4 N–H and O–H groups in total. The summed E-state index contributed by atoms with van der Waals surface area (Å²) in [5.74, 6) is 1.68. The van der Waals surface area contributed by atoms with Crippen molar-refractivity contribution in [3.8, 4) is 0 Å². The van der Waals surface area contributed by atoms with Crippen molar-refractivity contribution in [1.82, 2.24) is 0 Å². The van der Waals surface area contributed by atoms with E-state index in [1.54, 1.807) is 0 Å². The summed E-state index contributed by atoms with van der Waals surface area (Å²) in [5, 5.41) is 41.1. The molecule has 178 valence electrons. The molecule has 0 unspecified atom stereocenters. The molecule has 6 nitrogen and oxygen atoms in total. The lowest BCUT2D eigenvalue weighted by Crippen LogP contribution is -2.61. The maximum absolute atomic E-state index is 10.8. The molecule has 5 rings (SSSR count). The van der Waals surface area contributed by atoms with Crippen LogP contribution in [0.25, 0.3) is 0 Å². The molecule has 0 aromatic rings. The van der Waals surface area contributed by atoms with Crippen LogP contribution in [0.4, 0.5) is 0 Å². The summed E-state index contributed by atoms with van der Waals surface area (Å²) in [6.45, 7) is 9.32. The molecule has 0 aromatic heterocycles. The smallest absolute Gasteiger partial charge is 0.186 e. The third-order valence-corrected chi connectivity index (χ3v) is 10.8. The van der Waals surface area contributed by atoms with E-state index in [0.29, 0.717) is 17.8 Å². The van der Waals surface area contributed by atoms with E-state index in [9.17, 15) is 20.4 Å². The molecular formula is C25H42O6. The average molecular weight is 439 g/mol. The van der Waals surface area contributed by atoms with Gasteiger partial charge in [-0.25, -0.2) is 0 Å². The van der Waals surface area contributed by atoms with Crippen LogP contribution in [0.2, 0.25) is 0 Å². The largest absolute Gasteiger partial charge is 0.393 e. The maximum Gasteiger partial charge on any atom is 0.186 e. The van der Waals surface area contributed by atoms with Gasteiger partial charge in [0.2, 0.25) is 0 Å². The zero-order chi connectivity index (χ0) is 22.4. The molecule has 4 aliphatic carbocycles. The predicted octanol–water partition coefficient (Wildman–Crippen LogP) is 2.60. The van der Waals surface area contributed by atoms with Gasteiger partial charge in [0.15, 0.2) is 6.29 Å². The predicted molar refractivity (Wildman–Crippen MR) is 115 cm³/mol. The summed E-state index contributed by atoms with van der Waals surface area (Å²) in [6, 6.07) is 0. The lowest BCUT2D eigenvalue weighted by Gasteiger charge is -2.66. The molecule has 6 heteroatoms. The second-order valence-corrected chi connectivity index (χ2v) is 12.8. The molecule has 5 fully saturated rings. The van der Waals surface area contributed by atoms with Crippen molar-refractivity contribution in [3.63, 3.8) is 0 Å². The van der Waals surface area contributed by atoms with Gasteiger partial charge >= 0.3 is 0 Å². The van der Waals surface area contributed by atoms with Crippen LogP contribution in [0.3, 0.4) is 0 Å². The fraction of sp³-hybridized carbons (Fsp3) is 1.00. The van der Waals surface area contributed by atoms with Crippen molar-refractivity contribution in [3.05, 3.63) is 0 Å². The lowest BCUT2D eigenvalue weighted by molar-refractivity contribution is -0.312. The van der Waals surface area contributed by atoms with Crippen LogP contribution in [0, 0.1) is 34.0 Å². The fourth-order valence-corrected chi connectivity index (χ4v) is 9.33. The molecule has 1 saturated heterocycles. The van der Waals surface area contributed by atoms with Crippen molar-refractivity contribution in [1.29, 1.82) is 0 Å². The molecule has 0 amide bonds. The number of ether oxygens (including phenoxy) is 2. The van der Waals surface area contributed by atoms with E-state index in [2.05, 4.69) is 27.7 Å². The number of aliphatic hydroxyl groups excluding tert-OH is 4. The Labute approximate surface area is 186 Å². The molecule has 2 bridgehead atoms. The van der Waals surface area contributed by atoms with Crippen molar-refractivity contribution in [2.75, 3.05) is 6.61 Å². The van der Waals surface area contributed by atoms with Gasteiger partial charge in [0.05, 0.1) is 18.3 Å². The second-order valence-electron chi connectivity index (χ2n) is 12.8. The molecule has 0 aromatic carbocycles. The summed E-state index contributed by atoms with van der Waals surface area (Å²) in [5.41, 5.74) is 0.154. The Morgan fingerprint density at radius 1 is 0.839 bits per heavy atom. The number of hydrogen-bond donors (Lipinski definition) is 4. The van der Waals surface area contributed by atoms with Crippen LogP contribution >= 0.6 is 0 Å². The summed E-state index contributed by atoms with van der Waals surface area (Å²) in [4.78, 5) is 0. The maximum atomic E-state index is 10.8. The van der Waals surface area contributed by atoms with E-state index in [1.165, 1.54) is 12.8 Å². The molecule has 5 aliphatic rings. The Hall–Kier alpha value is -0.240. The SMILES string of the molecule is CC1(C)C[C@H](O)C[C@@]2(C)[C@H]1CC[C@H]1C[C@H]3C[C@]12CC[C@]3(C)O[C@H]1OC[C@@H](O)[C@@H](O)[C@@H]1O. The van der Waals surface area contributed by atoms with Gasteiger partial charge in [-0.2, -0.15) is 0 Å². The van der Waals surface area contributed by atoms with E-state index >= 15 is 0 Å². The van der Waals surface area contributed by atoms with Crippen LogP contribution in [0.5, 0.6) is 0 Å². The molecule has 4 saturated carbocycles. The highest BCUT2D eigenvalue weighted by molar-refractivity contribution is 5.18. The number of rotatable bonds is 2. The van der Waals surface area contributed by atoms with Crippen LogP contribution < -0.4 is 0 Å². The van der Waals surface area contributed by atoms with E-state index in [4.69, 9.17) is 9.47 Å². The summed E-state index contributed by atoms with van der Waals surface area (Å²) < 4.78 is 12.0. The Bertz CT molecular complexity index is 712. The molecule has 31 heavy (non-hydrogen) atoms. The zero-order valence-electron chi connectivity index (χ0n) is 19.6. The normalized spacial score (nSPS) is 58.5. The molecule has 11 atom stereocenters. The monoisotopic (exact) mass is 438 g/mol. The number of aliphatic hydroxyl groups is 4. The van der Waals surface area contributed by atoms with Crippen molar-refractivity contribution in [2.24, 2.45) is 34.0 Å². The van der Waals surface area contributed by atoms with Gasteiger partial charge in [0.25, 0.3) is 0 Å². The first-order chi connectivity index (χ1) is 14.4. The van der Waals surface area contributed by atoms with E-state index in [-0.39, 0.29) is 29.0 Å². The highest BCUT2D eigenvalue weighted by Crippen LogP contribution is 2.75. The number of fused-ring (bicyclic) bond motifs is 2. The summed E-state index contributed by atoms with van der Waals surface area (Å²) in [6.07, 6.45) is 3.87. The molecule has 1 aliphatic heterocycles. The molecular weight excluding hydrogens is 396 g/mol. The first-order valence-corrected chi connectivity index (χ1v) is 12.4. The van der Waals surface area contributed by atoms with Crippen LogP contribution in [0.1, 0.15) is 79.1 Å². The molecule has 0 radical (unpaired) electrons. The highest BCUT2D eigenvalue weighted by Gasteiger charge is 2.69. The lowest BCUT2D eigenvalue weighted by atomic mass is 9.39. The van der Waals surface area contributed by atoms with Gasteiger partial charge in [0.1, 0.15) is 18.3 Å². The quantitative estimate of drug-likeness (QED) is 0.529. The van der Waals surface area contributed by atoms with Crippen molar-refractivity contribution < 1.29 is 29.9 Å². The van der Waals surface area contributed by atoms with Gasteiger partial charge in [0, 0.05) is 0 Å². The third-order valence-electron chi connectivity index (χ3n) is 10.8. The standard InChI is InChI=1S/C25H42O6/c1-22(2)11-16(26)12-23(3)18(22)6-5-14-9-15-10-25(14,23)8-7-24(15,4)31-21-20(29)19(28)17(27)13-30-21/h14-21,26-29H,5-13H2,1-4H3/t14-,15-,16-,17+,18-,19+,20-,21+,23-,24-,25+/m0/s1. The Kier molecular flexibility index (Phi) is 5.19. The minimum Gasteiger partial charge on any atom is -0.393 e. The fourth-order valence-electron chi connectivity index (χ4n) is 9.33. The van der Waals surface area contributed by atoms with Gasteiger partial charge in [-0.15, -0.1) is 0 Å². The molecule has 1 spiro atoms. The molecule has 1 heterocycles. The minimum absolute atomic E-state index is 0.0249. The van der Waals surface area contributed by atoms with Gasteiger partial charge in [-0.1, -0.05) is 20.8 Å². The Balaban J connectivity index is 1.40. The van der Waals surface area contributed by atoms with E-state index in [1.807, 2.05) is 0 Å². The first-order valence-electron chi connectivity index (χ1n) is 12.4. The Morgan fingerprint density at radius 2 is 1.58 bits per heavy atom. The average Bonchev–Trinajstić information content (AvgIpc) is 3.02. The van der Waals surface area contributed by atoms with Crippen LogP contribution in [0.15, 0.2) is 0 Å². The van der Waals surface area contributed by atoms with E-state index in [0.717, 1.165) is 38.5 Å². The van der Waals surface area contributed by atoms with Gasteiger partial charge in [-0.3, -0.25) is 0 Å². The van der Waals surface area contributed by atoms with Gasteiger partial charge < -0.3 is 29.9 Å². The first kappa shape index (κ1) is 22.5. The Morgan fingerprint density at radius 3 is 2.32 bits per heavy atom. The second kappa shape index (κ2) is 7.13. The zero-order valence-corrected chi connectivity index (χ0v) is 19.6. The number of hydrogen-bond acceptors (Lipinski definition) is 6. The summed E-state index contributed by atoms with van der Waals surface area (Å²) in [7, 11) is 0. The van der Waals surface area contributed by atoms with E-state index < -0.39 is 30.2 Å². The van der Waals surface area contributed by atoms with Crippen LogP contribution in [-0.4, -0.2) is 63.3 Å². The van der Waals surface area contributed by atoms with Crippen molar-refractivity contribution in [2.45, 2.75) is 115 Å². The topological polar surface area (TPSA) is 99.4 Å². The van der Waals surface area contributed by atoms with Crippen LogP contribution in [-0.2, 0) is 9.47 Å². The van der Waals surface area contributed by atoms with Gasteiger partial charge in [-0.05, 0) is 92.3 Å². The van der Waals surface area contributed by atoms with Crippen molar-refractivity contribution >= 4 is 0 Å². The highest BCUT2D eigenvalue weighted by atomic mass is 16.7. The minimum atomic E-state index is -1.24. The third kappa shape index (κ3) is 3.12. The summed E-state index contributed by atoms with van der Waals surface area (Å²) >= 11 is 0.